The van der Waals surface area contributed by atoms with Gasteiger partial charge in [-0.25, -0.2) is 9.97 Å². The lowest BCUT2D eigenvalue weighted by Gasteiger charge is -2.08. The molecule has 0 amide bonds. The normalized spacial score (nSPS) is 9.71. The second-order valence-corrected chi connectivity index (χ2v) is 4.36. The maximum atomic E-state index is 8.74. The number of hydrogen-bond donors (Lipinski definition) is 1. The number of nitrogens with one attached hydrogen (secondary N) is 1. The molecule has 0 unspecified atom stereocenters. The molecule has 0 aliphatic carbocycles. The molecule has 0 fully saturated rings. The van der Waals surface area contributed by atoms with E-state index in [2.05, 4.69) is 31.2 Å². The Morgan fingerprint density at radius 2 is 2.12 bits per heavy atom. The quantitative estimate of drug-likeness (QED) is 0.922. The summed E-state index contributed by atoms with van der Waals surface area (Å²) in [6, 6.07) is 9.54. The van der Waals surface area contributed by atoms with Gasteiger partial charge in [0.1, 0.15) is 23.9 Å². The summed E-state index contributed by atoms with van der Waals surface area (Å²) < 4.78 is 0.953. The molecule has 5 heteroatoms. The third-order valence-electron chi connectivity index (χ3n) is 2.17. The van der Waals surface area contributed by atoms with Crippen molar-refractivity contribution in [3.63, 3.8) is 0 Å². The van der Waals surface area contributed by atoms with Gasteiger partial charge in [0.15, 0.2) is 0 Å². The van der Waals surface area contributed by atoms with Crippen molar-refractivity contribution in [1.82, 2.24) is 9.97 Å². The van der Waals surface area contributed by atoms with Crippen LogP contribution >= 0.6 is 15.9 Å². The summed E-state index contributed by atoms with van der Waals surface area (Å²) >= 11 is 3.47. The Bertz CT molecular complexity index is 589. The van der Waals surface area contributed by atoms with Crippen molar-refractivity contribution < 1.29 is 0 Å². The number of halogens is 1. The molecular weight excluding hydrogens is 280 g/mol. The molecule has 0 atom stereocenters. The van der Waals surface area contributed by atoms with Crippen molar-refractivity contribution >= 4 is 27.4 Å². The second-order valence-electron chi connectivity index (χ2n) is 3.51. The second kappa shape index (κ2) is 4.93. The van der Waals surface area contributed by atoms with E-state index in [1.165, 1.54) is 11.9 Å². The molecule has 1 N–H and O–H groups in total. The number of rotatable bonds is 2. The van der Waals surface area contributed by atoms with Crippen LogP contribution in [0.5, 0.6) is 0 Å². The predicted octanol–water partition coefficient (Wildman–Crippen LogP) is 3.16. The molecule has 0 saturated heterocycles. The van der Waals surface area contributed by atoms with Gasteiger partial charge in [-0.15, -0.1) is 0 Å². The average molecular weight is 289 g/mol. The van der Waals surface area contributed by atoms with Crippen LogP contribution in [0.25, 0.3) is 0 Å². The van der Waals surface area contributed by atoms with Crippen LogP contribution in [-0.4, -0.2) is 9.97 Å². The Labute approximate surface area is 107 Å². The molecule has 0 saturated carbocycles. The summed E-state index contributed by atoms with van der Waals surface area (Å²) in [5.74, 6) is 0.598. The number of aromatic nitrogens is 2. The van der Waals surface area contributed by atoms with Gasteiger partial charge >= 0.3 is 0 Å². The van der Waals surface area contributed by atoms with E-state index in [1.807, 2.05) is 31.2 Å². The molecular formula is C12H9BrN4. The fourth-order valence-electron chi connectivity index (χ4n) is 1.35. The van der Waals surface area contributed by atoms with E-state index >= 15 is 0 Å². The standard InChI is InChI=1S/C12H9BrN4/c1-8-2-3-11(10(13)4-8)17-12-5-9(6-14)15-7-16-12/h2-5,7H,1H3,(H,15,16,17). The summed E-state index contributed by atoms with van der Waals surface area (Å²) in [6.07, 6.45) is 1.36. The highest BCUT2D eigenvalue weighted by Crippen LogP contribution is 2.25. The number of benzene rings is 1. The minimum absolute atomic E-state index is 0.339. The van der Waals surface area contributed by atoms with Gasteiger partial charge in [0.2, 0.25) is 0 Å². The molecule has 0 spiro atoms. The van der Waals surface area contributed by atoms with Crippen LogP contribution in [-0.2, 0) is 0 Å². The highest BCUT2D eigenvalue weighted by molar-refractivity contribution is 9.10. The minimum atomic E-state index is 0.339. The maximum absolute atomic E-state index is 8.74. The summed E-state index contributed by atoms with van der Waals surface area (Å²) in [7, 11) is 0. The van der Waals surface area contributed by atoms with E-state index in [-0.39, 0.29) is 0 Å². The number of aryl methyl sites for hydroxylation is 1. The van der Waals surface area contributed by atoms with Gasteiger partial charge in [-0.3, -0.25) is 0 Å². The Morgan fingerprint density at radius 3 is 2.82 bits per heavy atom. The monoisotopic (exact) mass is 288 g/mol. The zero-order valence-corrected chi connectivity index (χ0v) is 10.7. The van der Waals surface area contributed by atoms with Crippen molar-refractivity contribution in [1.29, 1.82) is 5.26 Å². The summed E-state index contributed by atoms with van der Waals surface area (Å²) in [6.45, 7) is 2.02. The summed E-state index contributed by atoms with van der Waals surface area (Å²) in [5.41, 5.74) is 2.41. The maximum Gasteiger partial charge on any atom is 0.145 e. The number of anilines is 2. The SMILES string of the molecule is Cc1ccc(Nc2cc(C#N)ncn2)c(Br)c1. The molecule has 0 aliphatic heterocycles. The van der Waals surface area contributed by atoms with E-state index in [4.69, 9.17) is 5.26 Å². The van der Waals surface area contributed by atoms with Gasteiger partial charge in [0, 0.05) is 10.5 Å². The Morgan fingerprint density at radius 1 is 1.29 bits per heavy atom. The lowest BCUT2D eigenvalue weighted by atomic mass is 10.2. The summed E-state index contributed by atoms with van der Waals surface area (Å²) in [5, 5.41) is 11.9. The van der Waals surface area contributed by atoms with E-state index in [0.29, 0.717) is 11.5 Å². The number of nitrogens with zero attached hydrogens (tertiary/aromatic N) is 3. The van der Waals surface area contributed by atoms with E-state index in [0.717, 1.165) is 10.2 Å². The third kappa shape index (κ3) is 2.80. The van der Waals surface area contributed by atoms with Crippen molar-refractivity contribution in [2.75, 3.05) is 5.32 Å². The van der Waals surface area contributed by atoms with Crippen LogP contribution in [0.3, 0.4) is 0 Å². The topological polar surface area (TPSA) is 61.6 Å². The molecule has 0 aliphatic rings. The van der Waals surface area contributed by atoms with E-state index < -0.39 is 0 Å². The molecule has 0 bridgehead atoms. The van der Waals surface area contributed by atoms with Crippen molar-refractivity contribution in [3.8, 4) is 6.07 Å². The molecule has 17 heavy (non-hydrogen) atoms. The van der Waals surface area contributed by atoms with Gasteiger partial charge in [-0.2, -0.15) is 5.26 Å². The average Bonchev–Trinajstić information content (AvgIpc) is 2.33. The van der Waals surface area contributed by atoms with Crippen molar-refractivity contribution in [3.05, 3.63) is 46.3 Å². The molecule has 2 aromatic rings. The smallest absolute Gasteiger partial charge is 0.145 e. The Hall–Kier alpha value is -1.93. The Kier molecular flexibility index (Phi) is 3.35. The fourth-order valence-corrected chi connectivity index (χ4v) is 1.94. The predicted molar refractivity (Wildman–Crippen MR) is 68.9 cm³/mol. The van der Waals surface area contributed by atoms with Gasteiger partial charge in [0.25, 0.3) is 0 Å². The molecule has 4 nitrogen and oxygen atoms in total. The van der Waals surface area contributed by atoms with Crippen molar-refractivity contribution in [2.24, 2.45) is 0 Å². The fraction of sp³-hybridized carbons (Fsp3) is 0.0833. The highest BCUT2D eigenvalue weighted by atomic mass is 79.9. The molecule has 84 valence electrons. The summed E-state index contributed by atoms with van der Waals surface area (Å²) in [4.78, 5) is 7.86. The largest absolute Gasteiger partial charge is 0.339 e. The van der Waals surface area contributed by atoms with Crippen LogP contribution < -0.4 is 5.32 Å². The van der Waals surface area contributed by atoms with Gasteiger partial charge in [-0.1, -0.05) is 6.07 Å². The van der Waals surface area contributed by atoms with Crippen molar-refractivity contribution in [2.45, 2.75) is 6.92 Å². The van der Waals surface area contributed by atoms with Crippen LogP contribution in [0.15, 0.2) is 35.1 Å². The van der Waals surface area contributed by atoms with Gasteiger partial charge in [0.05, 0.1) is 5.69 Å². The first kappa shape index (κ1) is 11.6. The van der Waals surface area contributed by atoms with Crippen LogP contribution in [0.2, 0.25) is 0 Å². The van der Waals surface area contributed by atoms with Gasteiger partial charge in [-0.05, 0) is 40.5 Å². The number of hydrogen-bond acceptors (Lipinski definition) is 4. The first-order valence-corrected chi connectivity index (χ1v) is 5.73. The highest BCUT2D eigenvalue weighted by Gasteiger charge is 2.02. The first-order chi connectivity index (χ1) is 8.19. The lowest BCUT2D eigenvalue weighted by Crippen LogP contribution is -1.96. The molecule has 1 aromatic carbocycles. The van der Waals surface area contributed by atoms with Crippen LogP contribution in [0, 0.1) is 18.3 Å². The lowest BCUT2D eigenvalue weighted by molar-refractivity contribution is 1.14. The third-order valence-corrected chi connectivity index (χ3v) is 2.83. The van der Waals surface area contributed by atoms with Crippen LogP contribution in [0.1, 0.15) is 11.3 Å². The number of nitriles is 1. The van der Waals surface area contributed by atoms with Crippen LogP contribution in [0.4, 0.5) is 11.5 Å². The molecule has 1 heterocycles. The van der Waals surface area contributed by atoms with E-state index in [1.54, 1.807) is 6.07 Å². The Balaban J connectivity index is 2.28. The zero-order valence-electron chi connectivity index (χ0n) is 9.11. The molecule has 1 aromatic heterocycles. The molecule has 2 rings (SSSR count). The zero-order chi connectivity index (χ0) is 12.3. The van der Waals surface area contributed by atoms with Gasteiger partial charge < -0.3 is 5.32 Å². The molecule has 0 radical (unpaired) electrons. The minimum Gasteiger partial charge on any atom is -0.339 e. The van der Waals surface area contributed by atoms with E-state index in [9.17, 15) is 0 Å². The first-order valence-electron chi connectivity index (χ1n) is 4.94.